The fourth-order valence-corrected chi connectivity index (χ4v) is 2.31. The molecule has 0 bridgehead atoms. The van der Waals surface area contributed by atoms with Gasteiger partial charge in [0.25, 0.3) is 0 Å². The highest BCUT2D eigenvalue weighted by molar-refractivity contribution is 5.79. The molecule has 0 aliphatic carbocycles. The standard InChI is InChI=1S/C11H21NO/c1-5-11(8-10(2,3)4)7-6-9(13)12-11/h5-8H2,1-4H3,(H,12,13). The maximum absolute atomic E-state index is 11.2. The first kappa shape index (κ1) is 10.6. The van der Waals surface area contributed by atoms with Crippen LogP contribution in [-0.4, -0.2) is 11.4 Å². The largest absolute Gasteiger partial charge is 0.351 e. The van der Waals surface area contributed by atoms with Gasteiger partial charge in [-0.3, -0.25) is 4.79 Å². The molecule has 1 aliphatic rings. The van der Waals surface area contributed by atoms with Gasteiger partial charge in [-0.25, -0.2) is 0 Å². The van der Waals surface area contributed by atoms with E-state index in [-0.39, 0.29) is 11.4 Å². The van der Waals surface area contributed by atoms with Gasteiger partial charge in [0.15, 0.2) is 0 Å². The Labute approximate surface area is 81.1 Å². The van der Waals surface area contributed by atoms with E-state index in [9.17, 15) is 4.79 Å². The maximum Gasteiger partial charge on any atom is 0.220 e. The molecule has 0 aromatic heterocycles. The Kier molecular flexibility index (Phi) is 2.69. The first-order valence-corrected chi connectivity index (χ1v) is 5.18. The molecule has 1 saturated heterocycles. The van der Waals surface area contributed by atoms with Crippen LogP contribution in [0.5, 0.6) is 0 Å². The fourth-order valence-electron chi connectivity index (χ4n) is 2.31. The normalized spacial score (nSPS) is 29.1. The van der Waals surface area contributed by atoms with E-state index in [0.29, 0.717) is 11.8 Å². The quantitative estimate of drug-likeness (QED) is 0.700. The number of amides is 1. The number of nitrogens with one attached hydrogen (secondary N) is 1. The van der Waals surface area contributed by atoms with E-state index in [4.69, 9.17) is 0 Å². The van der Waals surface area contributed by atoms with Crippen LogP contribution >= 0.6 is 0 Å². The van der Waals surface area contributed by atoms with Crippen LogP contribution in [0.15, 0.2) is 0 Å². The molecule has 0 spiro atoms. The molecule has 1 rings (SSSR count). The lowest BCUT2D eigenvalue weighted by atomic mass is 9.77. The highest BCUT2D eigenvalue weighted by atomic mass is 16.2. The van der Waals surface area contributed by atoms with Crippen molar-refractivity contribution >= 4 is 5.91 Å². The van der Waals surface area contributed by atoms with Crippen molar-refractivity contribution in [2.24, 2.45) is 5.41 Å². The van der Waals surface area contributed by atoms with Crippen LogP contribution in [0, 0.1) is 5.41 Å². The summed E-state index contributed by atoms with van der Waals surface area (Å²) in [7, 11) is 0. The Balaban J connectivity index is 2.66. The lowest BCUT2D eigenvalue weighted by Crippen LogP contribution is -2.43. The van der Waals surface area contributed by atoms with E-state index in [1.807, 2.05) is 0 Å². The van der Waals surface area contributed by atoms with Crippen LogP contribution < -0.4 is 5.32 Å². The van der Waals surface area contributed by atoms with Crippen LogP contribution in [0.2, 0.25) is 0 Å². The summed E-state index contributed by atoms with van der Waals surface area (Å²) in [4.78, 5) is 11.2. The Morgan fingerprint density at radius 3 is 2.38 bits per heavy atom. The monoisotopic (exact) mass is 183 g/mol. The summed E-state index contributed by atoms with van der Waals surface area (Å²) in [6.07, 6.45) is 3.86. The van der Waals surface area contributed by atoms with E-state index in [0.717, 1.165) is 19.3 Å². The van der Waals surface area contributed by atoms with Crippen molar-refractivity contribution in [1.29, 1.82) is 0 Å². The molecule has 1 atom stereocenters. The first-order chi connectivity index (χ1) is 5.87. The Morgan fingerprint density at radius 2 is 2.08 bits per heavy atom. The van der Waals surface area contributed by atoms with Crippen molar-refractivity contribution in [3.05, 3.63) is 0 Å². The van der Waals surface area contributed by atoms with Gasteiger partial charge in [-0.2, -0.15) is 0 Å². The summed E-state index contributed by atoms with van der Waals surface area (Å²) >= 11 is 0. The fraction of sp³-hybridized carbons (Fsp3) is 0.909. The van der Waals surface area contributed by atoms with Crippen LogP contribution in [0.1, 0.15) is 53.4 Å². The average molecular weight is 183 g/mol. The van der Waals surface area contributed by atoms with Crippen molar-refractivity contribution in [1.82, 2.24) is 5.32 Å². The third kappa shape index (κ3) is 2.71. The summed E-state index contributed by atoms with van der Waals surface area (Å²) in [5.74, 6) is 0.228. The summed E-state index contributed by atoms with van der Waals surface area (Å²) in [5, 5.41) is 3.13. The minimum atomic E-state index is 0.0926. The van der Waals surface area contributed by atoms with Crippen molar-refractivity contribution in [2.75, 3.05) is 0 Å². The number of rotatable bonds is 2. The summed E-state index contributed by atoms with van der Waals surface area (Å²) in [6.45, 7) is 8.86. The summed E-state index contributed by atoms with van der Waals surface area (Å²) in [6, 6.07) is 0. The van der Waals surface area contributed by atoms with Gasteiger partial charge in [-0.15, -0.1) is 0 Å². The highest BCUT2D eigenvalue weighted by Crippen LogP contribution is 2.35. The van der Waals surface area contributed by atoms with E-state index in [2.05, 4.69) is 33.0 Å². The van der Waals surface area contributed by atoms with Gasteiger partial charge in [-0.1, -0.05) is 27.7 Å². The Bertz CT molecular complexity index is 205. The zero-order chi connectivity index (χ0) is 10.1. The molecule has 2 nitrogen and oxygen atoms in total. The number of carbonyl (C=O) groups is 1. The second-order valence-corrected chi connectivity index (χ2v) is 5.42. The number of carbonyl (C=O) groups excluding carboxylic acids is 1. The van der Waals surface area contributed by atoms with Gasteiger partial charge in [0.05, 0.1) is 0 Å². The van der Waals surface area contributed by atoms with Crippen molar-refractivity contribution in [2.45, 2.75) is 58.9 Å². The first-order valence-electron chi connectivity index (χ1n) is 5.18. The smallest absolute Gasteiger partial charge is 0.220 e. The molecule has 1 unspecified atom stereocenters. The van der Waals surface area contributed by atoms with Crippen LogP contribution in [0.3, 0.4) is 0 Å². The molecule has 1 N–H and O–H groups in total. The van der Waals surface area contributed by atoms with E-state index >= 15 is 0 Å². The molecule has 0 aromatic rings. The Morgan fingerprint density at radius 1 is 1.46 bits per heavy atom. The lowest BCUT2D eigenvalue weighted by molar-refractivity contribution is -0.119. The molecule has 0 radical (unpaired) electrons. The molecular formula is C11H21NO. The van der Waals surface area contributed by atoms with Gasteiger partial charge >= 0.3 is 0 Å². The zero-order valence-electron chi connectivity index (χ0n) is 9.24. The molecule has 2 heteroatoms. The predicted molar refractivity (Wildman–Crippen MR) is 54.5 cm³/mol. The maximum atomic E-state index is 11.2. The molecular weight excluding hydrogens is 162 g/mol. The minimum Gasteiger partial charge on any atom is -0.351 e. The SMILES string of the molecule is CCC1(CC(C)(C)C)CCC(=O)N1. The second kappa shape index (κ2) is 3.32. The van der Waals surface area contributed by atoms with Crippen LogP contribution in [0.4, 0.5) is 0 Å². The predicted octanol–water partition coefficient (Wildman–Crippen LogP) is 2.48. The molecule has 13 heavy (non-hydrogen) atoms. The molecule has 1 amide bonds. The minimum absolute atomic E-state index is 0.0926. The van der Waals surface area contributed by atoms with Gasteiger partial charge in [0, 0.05) is 12.0 Å². The molecule has 0 saturated carbocycles. The zero-order valence-corrected chi connectivity index (χ0v) is 9.24. The van der Waals surface area contributed by atoms with Crippen LogP contribution in [-0.2, 0) is 4.79 Å². The number of hydrogen-bond acceptors (Lipinski definition) is 1. The third-order valence-corrected chi connectivity index (χ3v) is 2.78. The summed E-state index contributed by atoms with van der Waals surface area (Å²) < 4.78 is 0. The Hall–Kier alpha value is -0.530. The second-order valence-electron chi connectivity index (χ2n) is 5.42. The van der Waals surface area contributed by atoms with Crippen LogP contribution in [0.25, 0.3) is 0 Å². The summed E-state index contributed by atoms with van der Waals surface area (Å²) in [5.41, 5.74) is 0.392. The lowest BCUT2D eigenvalue weighted by Gasteiger charge is -2.34. The van der Waals surface area contributed by atoms with E-state index < -0.39 is 0 Å². The number of hydrogen-bond donors (Lipinski definition) is 1. The van der Waals surface area contributed by atoms with Crippen molar-refractivity contribution in [3.63, 3.8) is 0 Å². The average Bonchev–Trinajstić information content (AvgIpc) is 2.29. The van der Waals surface area contributed by atoms with Gasteiger partial charge in [0.1, 0.15) is 0 Å². The topological polar surface area (TPSA) is 29.1 Å². The highest BCUT2D eigenvalue weighted by Gasteiger charge is 2.38. The van der Waals surface area contributed by atoms with E-state index in [1.165, 1.54) is 0 Å². The molecule has 1 aliphatic heterocycles. The van der Waals surface area contributed by atoms with E-state index in [1.54, 1.807) is 0 Å². The van der Waals surface area contributed by atoms with Gasteiger partial charge < -0.3 is 5.32 Å². The van der Waals surface area contributed by atoms with Gasteiger partial charge in [0.2, 0.25) is 5.91 Å². The molecule has 1 fully saturated rings. The third-order valence-electron chi connectivity index (χ3n) is 2.78. The molecule has 1 heterocycles. The molecule has 76 valence electrons. The van der Waals surface area contributed by atoms with Gasteiger partial charge in [-0.05, 0) is 24.7 Å². The molecule has 0 aromatic carbocycles. The van der Waals surface area contributed by atoms with Crippen molar-refractivity contribution in [3.8, 4) is 0 Å². The van der Waals surface area contributed by atoms with Crippen molar-refractivity contribution < 1.29 is 4.79 Å².